The second-order valence-electron chi connectivity index (χ2n) is 6.91. The number of halogens is 6. The fourth-order valence-electron chi connectivity index (χ4n) is 3.30. The molecule has 0 atom stereocenters. The molecule has 0 radical (unpaired) electrons. The highest BCUT2D eigenvalue weighted by atomic mass is 35.5. The van der Waals surface area contributed by atoms with Crippen molar-refractivity contribution in [3.63, 3.8) is 0 Å². The number of aromatic nitrogens is 1. The molecule has 0 saturated heterocycles. The summed E-state index contributed by atoms with van der Waals surface area (Å²) in [5, 5.41) is 13.6. The number of hydrogen-bond acceptors (Lipinski definition) is 5. The largest absolute Gasteiger partial charge is 0.472 e. The Bertz CT molecular complexity index is 1360. The average Bonchev–Trinajstić information content (AvgIpc) is 3.43. The number of anilines is 1. The van der Waals surface area contributed by atoms with Crippen LogP contribution < -0.4 is 5.32 Å². The molecule has 2 N–H and O–H groups in total. The Morgan fingerprint density at radius 3 is 2.44 bits per heavy atom. The summed E-state index contributed by atoms with van der Waals surface area (Å²) in [6.45, 7) is 0. The van der Waals surface area contributed by atoms with Crippen LogP contribution >= 0.6 is 11.6 Å². The first-order valence-corrected chi connectivity index (χ1v) is 9.90. The molecule has 11 heteroatoms. The van der Waals surface area contributed by atoms with Crippen molar-refractivity contribution in [2.75, 3.05) is 5.32 Å². The van der Waals surface area contributed by atoms with E-state index in [0.29, 0.717) is 6.21 Å². The van der Waals surface area contributed by atoms with Crippen LogP contribution in [0.1, 0.15) is 5.76 Å². The Hall–Kier alpha value is -3.92. The highest BCUT2D eigenvalue weighted by Gasteiger charge is 2.39. The fraction of sp³-hybridized carbons (Fsp3) is 0.0435. The molecule has 0 saturated carbocycles. The third kappa shape index (κ3) is 4.44. The number of alkyl halides is 3. The van der Waals surface area contributed by atoms with Crippen LogP contribution in [0.5, 0.6) is 0 Å². The van der Waals surface area contributed by atoms with Gasteiger partial charge in [0.1, 0.15) is 23.0 Å². The van der Waals surface area contributed by atoms with Gasteiger partial charge < -0.3 is 19.7 Å². The summed E-state index contributed by atoms with van der Waals surface area (Å²) in [5.41, 5.74) is -2.66. The lowest BCUT2D eigenvalue weighted by Crippen LogP contribution is -2.21. The average molecular weight is 494 g/mol. The molecule has 4 rings (SSSR count). The molecule has 2 aromatic carbocycles. The normalized spacial score (nSPS) is 12.4. The van der Waals surface area contributed by atoms with Crippen molar-refractivity contribution in [3.05, 3.63) is 89.2 Å². The van der Waals surface area contributed by atoms with Crippen molar-refractivity contribution in [2.45, 2.75) is 6.18 Å². The predicted molar refractivity (Wildman–Crippen MR) is 116 cm³/mol. The second kappa shape index (κ2) is 9.14. The number of furan rings is 1. The van der Waals surface area contributed by atoms with Crippen molar-refractivity contribution in [2.24, 2.45) is 0 Å². The zero-order valence-electron chi connectivity index (χ0n) is 16.9. The van der Waals surface area contributed by atoms with Gasteiger partial charge in [-0.2, -0.15) is 13.2 Å². The molecule has 2 heterocycles. The van der Waals surface area contributed by atoms with Crippen molar-refractivity contribution in [3.8, 4) is 22.4 Å². The van der Waals surface area contributed by atoms with E-state index in [2.05, 4.69) is 10.5 Å². The Kier molecular flexibility index (Phi) is 6.25. The molecule has 2 aromatic heterocycles. The highest BCUT2D eigenvalue weighted by Crippen LogP contribution is 2.43. The molecular formula is C23H13ClF5N3O2. The number of hydrogen-bond donors (Lipinski definition) is 2. The SMILES string of the molecule is N=C/C(=C(\Nc1cccc(F)c1)C(F)(F)F)c1onc(-c2c(F)cccc2Cl)c1-c1ccoc1. The Morgan fingerprint density at radius 1 is 1.06 bits per heavy atom. The maximum absolute atomic E-state index is 14.6. The van der Waals surface area contributed by atoms with Crippen LogP contribution in [0.25, 0.3) is 28.0 Å². The Labute approximate surface area is 193 Å². The maximum Gasteiger partial charge on any atom is 0.432 e. The standard InChI is InChI=1S/C23H13ClF5N3O2/c24-16-5-2-6-17(26)19(16)20-18(12-7-8-33-11-12)21(34-32-20)15(10-30)22(23(27,28)29)31-14-4-1-3-13(25)9-14/h1-11,30-31H/b22-15+,30-10?. The van der Waals surface area contributed by atoms with Gasteiger partial charge in [-0.25, -0.2) is 8.78 Å². The number of allylic oxidation sites excluding steroid dienone is 2. The van der Waals surface area contributed by atoms with E-state index >= 15 is 0 Å². The molecular weight excluding hydrogens is 481 g/mol. The van der Waals surface area contributed by atoms with Gasteiger partial charge in [0.2, 0.25) is 0 Å². The molecule has 4 aromatic rings. The zero-order chi connectivity index (χ0) is 24.5. The number of nitrogens with zero attached hydrogens (tertiary/aromatic N) is 1. The number of rotatable bonds is 6. The molecule has 0 aliphatic carbocycles. The molecule has 174 valence electrons. The van der Waals surface area contributed by atoms with Gasteiger partial charge in [-0.1, -0.05) is 28.9 Å². The lowest BCUT2D eigenvalue weighted by Gasteiger charge is -2.17. The van der Waals surface area contributed by atoms with Crippen LogP contribution in [0.3, 0.4) is 0 Å². The van der Waals surface area contributed by atoms with Crippen molar-refractivity contribution < 1.29 is 30.9 Å². The van der Waals surface area contributed by atoms with E-state index in [4.69, 9.17) is 26.0 Å². The molecule has 0 fully saturated rings. The third-order valence-corrected chi connectivity index (χ3v) is 5.05. The Morgan fingerprint density at radius 2 is 1.82 bits per heavy atom. The molecule has 0 unspecified atom stereocenters. The van der Waals surface area contributed by atoms with Crippen LogP contribution in [0.4, 0.5) is 27.6 Å². The number of benzene rings is 2. The third-order valence-electron chi connectivity index (χ3n) is 4.74. The van der Waals surface area contributed by atoms with E-state index in [0.717, 1.165) is 18.2 Å². The van der Waals surface area contributed by atoms with Crippen molar-refractivity contribution in [1.29, 1.82) is 5.41 Å². The molecule has 34 heavy (non-hydrogen) atoms. The van der Waals surface area contributed by atoms with Gasteiger partial charge in [0, 0.05) is 17.5 Å². The van der Waals surface area contributed by atoms with Crippen molar-refractivity contribution in [1.82, 2.24) is 5.16 Å². The second-order valence-corrected chi connectivity index (χ2v) is 7.32. The highest BCUT2D eigenvalue weighted by molar-refractivity contribution is 6.33. The summed E-state index contributed by atoms with van der Waals surface area (Å²) in [5.74, 6) is -2.05. The van der Waals surface area contributed by atoms with E-state index in [1.807, 2.05) is 0 Å². The van der Waals surface area contributed by atoms with Crippen LogP contribution in [-0.4, -0.2) is 17.5 Å². The maximum atomic E-state index is 14.6. The topological polar surface area (TPSA) is 75.1 Å². The smallest absolute Gasteiger partial charge is 0.432 e. The van der Waals surface area contributed by atoms with Crippen LogP contribution in [0.15, 0.2) is 75.7 Å². The van der Waals surface area contributed by atoms with Gasteiger partial charge in [0.05, 0.1) is 34.2 Å². The van der Waals surface area contributed by atoms with Gasteiger partial charge in [-0.3, -0.25) is 0 Å². The van der Waals surface area contributed by atoms with Crippen LogP contribution in [0, 0.1) is 17.0 Å². The van der Waals surface area contributed by atoms with Gasteiger partial charge in [-0.15, -0.1) is 0 Å². The predicted octanol–water partition coefficient (Wildman–Crippen LogP) is 7.57. The van der Waals surface area contributed by atoms with Crippen LogP contribution in [-0.2, 0) is 0 Å². The fourth-order valence-corrected chi connectivity index (χ4v) is 3.55. The summed E-state index contributed by atoms with van der Waals surface area (Å²) in [4.78, 5) is 0. The van der Waals surface area contributed by atoms with Gasteiger partial charge in [-0.05, 0) is 36.4 Å². The lowest BCUT2D eigenvalue weighted by atomic mass is 9.97. The summed E-state index contributed by atoms with van der Waals surface area (Å²) < 4.78 is 80.7. The van der Waals surface area contributed by atoms with Gasteiger partial charge in [0.15, 0.2) is 5.76 Å². The molecule has 5 nitrogen and oxygen atoms in total. The molecule has 0 amide bonds. The lowest BCUT2D eigenvalue weighted by molar-refractivity contribution is -0.0896. The zero-order valence-corrected chi connectivity index (χ0v) is 17.6. The molecule has 0 bridgehead atoms. The number of nitrogens with one attached hydrogen (secondary N) is 2. The van der Waals surface area contributed by atoms with E-state index in [-0.39, 0.29) is 33.1 Å². The quantitative estimate of drug-likeness (QED) is 0.214. The van der Waals surface area contributed by atoms with Crippen LogP contribution in [0.2, 0.25) is 5.02 Å². The van der Waals surface area contributed by atoms with E-state index < -0.39 is 34.8 Å². The molecule has 0 aliphatic heterocycles. The summed E-state index contributed by atoms with van der Waals surface area (Å²) in [7, 11) is 0. The Balaban J connectivity index is 2.00. The summed E-state index contributed by atoms with van der Waals surface area (Å²) in [6, 6.07) is 9.61. The van der Waals surface area contributed by atoms with E-state index in [9.17, 15) is 22.0 Å². The van der Waals surface area contributed by atoms with E-state index in [1.165, 1.54) is 42.9 Å². The van der Waals surface area contributed by atoms with Gasteiger partial charge in [0.25, 0.3) is 0 Å². The summed E-state index contributed by atoms with van der Waals surface area (Å²) >= 11 is 6.15. The first-order chi connectivity index (χ1) is 16.2. The van der Waals surface area contributed by atoms with Crippen molar-refractivity contribution >= 4 is 29.1 Å². The molecule has 0 aliphatic rings. The monoisotopic (exact) mass is 493 g/mol. The summed E-state index contributed by atoms with van der Waals surface area (Å²) in [6.07, 6.45) is -2.16. The minimum absolute atomic E-state index is 0.0566. The molecule has 0 spiro atoms. The first kappa shape index (κ1) is 23.2. The minimum atomic E-state index is -5.02. The van der Waals surface area contributed by atoms with Gasteiger partial charge >= 0.3 is 6.18 Å². The first-order valence-electron chi connectivity index (χ1n) is 9.52. The van der Waals surface area contributed by atoms with E-state index in [1.54, 1.807) is 0 Å². The minimum Gasteiger partial charge on any atom is -0.472 e.